The minimum Gasteiger partial charge on any atom is -0.457 e. The normalized spacial score (nSPS) is 22.7. The molecular weight excluding hydrogens is 413 g/mol. The molecule has 4 amide bonds. The molecule has 7 nitrogen and oxygen atoms in total. The minimum atomic E-state index is -0.865. The van der Waals surface area contributed by atoms with E-state index in [1.165, 1.54) is 24.3 Å². The van der Waals surface area contributed by atoms with Crippen LogP contribution >= 0.6 is 0 Å². The van der Waals surface area contributed by atoms with Crippen molar-refractivity contribution in [1.82, 2.24) is 15.5 Å². The van der Waals surface area contributed by atoms with Gasteiger partial charge in [-0.25, -0.2) is 9.18 Å². The lowest BCUT2D eigenvalue weighted by Gasteiger charge is -2.36. The first-order chi connectivity index (χ1) is 15.4. The van der Waals surface area contributed by atoms with Crippen LogP contribution in [-0.2, 0) is 16.1 Å². The van der Waals surface area contributed by atoms with Crippen molar-refractivity contribution >= 4 is 17.8 Å². The summed E-state index contributed by atoms with van der Waals surface area (Å²) < 4.78 is 18.6. The van der Waals surface area contributed by atoms with Crippen LogP contribution in [0.2, 0.25) is 0 Å². The standard InChI is InChI=1S/C24H26FN3O4/c1-16-4-2-3-13-24(16)22(30)28(23(31)27-24)15-21(29)26-14-17-5-9-19(10-6-17)32-20-11-7-18(25)8-12-20/h5-12,16H,2-4,13-15H2,1H3,(H,26,29)(H,27,31)/t16-,24-/m1/s1. The molecule has 2 N–H and O–H groups in total. The van der Waals surface area contributed by atoms with Crippen LogP contribution in [0.3, 0.4) is 0 Å². The smallest absolute Gasteiger partial charge is 0.325 e. The molecule has 2 fully saturated rings. The van der Waals surface area contributed by atoms with E-state index in [1.54, 1.807) is 24.3 Å². The molecule has 1 aliphatic heterocycles. The van der Waals surface area contributed by atoms with E-state index in [1.807, 2.05) is 6.92 Å². The number of amides is 4. The summed E-state index contributed by atoms with van der Waals surface area (Å²) in [4.78, 5) is 38.8. The van der Waals surface area contributed by atoms with E-state index in [4.69, 9.17) is 4.74 Å². The monoisotopic (exact) mass is 439 g/mol. The summed E-state index contributed by atoms with van der Waals surface area (Å²) in [6, 6.07) is 12.3. The van der Waals surface area contributed by atoms with Crippen molar-refractivity contribution in [3.63, 3.8) is 0 Å². The summed E-state index contributed by atoms with van der Waals surface area (Å²) in [7, 11) is 0. The summed E-state index contributed by atoms with van der Waals surface area (Å²) in [5.74, 6) is 0.119. The Kier molecular flexibility index (Phi) is 6.12. The van der Waals surface area contributed by atoms with E-state index in [2.05, 4.69) is 10.6 Å². The summed E-state index contributed by atoms with van der Waals surface area (Å²) in [6.07, 6.45) is 3.42. The number of nitrogens with zero attached hydrogens (tertiary/aromatic N) is 1. The zero-order valence-corrected chi connectivity index (χ0v) is 17.9. The van der Waals surface area contributed by atoms with E-state index in [9.17, 15) is 18.8 Å². The molecule has 2 aromatic rings. The van der Waals surface area contributed by atoms with E-state index >= 15 is 0 Å². The highest BCUT2D eigenvalue weighted by molar-refractivity contribution is 6.09. The fraction of sp³-hybridized carbons (Fsp3) is 0.375. The molecule has 0 radical (unpaired) electrons. The Morgan fingerprint density at radius 3 is 2.44 bits per heavy atom. The maximum atomic E-state index is 13.0. The second kappa shape index (κ2) is 8.98. The molecule has 0 unspecified atom stereocenters. The second-order valence-corrected chi connectivity index (χ2v) is 8.42. The maximum Gasteiger partial charge on any atom is 0.325 e. The number of carbonyl (C=O) groups is 3. The third kappa shape index (κ3) is 4.44. The fourth-order valence-corrected chi connectivity index (χ4v) is 4.35. The highest BCUT2D eigenvalue weighted by Gasteiger charge is 2.55. The van der Waals surface area contributed by atoms with Crippen LogP contribution in [0.5, 0.6) is 11.5 Å². The van der Waals surface area contributed by atoms with E-state index < -0.39 is 17.5 Å². The molecule has 2 aromatic carbocycles. The first kappa shape index (κ1) is 21.8. The van der Waals surface area contributed by atoms with Gasteiger partial charge in [0, 0.05) is 6.54 Å². The Balaban J connectivity index is 1.30. The van der Waals surface area contributed by atoms with Crippen LogP contribution in [-0.4, -0.2) is 34.8 Å². The van der Waals surface area contributed by atoms with Gasteiger partial charge in [0.15, 0.2) is 0 Å². The molecule has 1 saturated heterocycles. The predicted octanol–water partition coefficient (Wildman–Crippen LogP) is 3.73. The van der Waals surface area contributed by atoms with Crippen LogP contribution in [0.25, 0.3) is 0 Å². The molecule has 8 heteroatoms. The van der Waals surface area contributed by atoms with Gasteiger partial charge in [-0.05, 0) is 60.7 Å². The third-order valence-corrected chi connectivity index (χ3v) is 6.27. The number of ether oxygens (including phenoxy) is 1. The van der Waals surface area contributed by atoms with Crippen molar-refractivity contribution in [3.8, 4) is 11.5 Å². The van der Waals surface area contributed by atoms with Crippen molar-refractivity contribution in [2.24, 2.45) is 5.92 Å². The molecule has 1 saturated carbocycles. The summed E-state index contributed by atoms with van der Waals surface area (Å²) in [5, 5.41) is 5.60. The number of imide groups is 1. The first-order valence-corrected chi connectivity index (χ1v) is 10.8. The number of rotatable bonds is 6. The van der Waals surface area contributed by atoms with Crippen LogP contribution in [0, 0.1) is 11.7 Å². The lowest BCUT2D eigenvalue weighted by atomic mass is 9.73. The predicted molar refractivity (Wildman–Crippen MR) is 115 cm³/mol. The van der Waals surface area contributed by atoms with Crippen LogP contribution in [0.4, 0.5) is 9.18 Å². The number of nitrogens with one attached hydrogen (secondary N) is 2. The third-order valence-electron chi connectivity index (χ3n) is 6.27. The fourth-order valence-electron chi connectivity index (χ4n) is 4.35. The number of benzene rings is 2. The van der Waals surface area contributed by atoms with Crippen molar-refractivity contribution in [2.75, 3.05) is 6.54 Å². The van der Waals surface area contributed by atoms with E-state index in [-0.39, 0.29) is 30.7 Å². The minimum absolute atomic E-state index is 0.0522. The molecule has 2 atom stereocenters. The summed E-state index contributed by atoms with van der Waals surface area (Å²) >= 11 is 0. The van der Waals surface area contributed by atoms with Gasteiger partial charge in [-0.2, -0.15) is 0 Å². The average molecular weight is 439 g/mol. The summed E-state index contributed by atoms with van der Waals surface area (Å²) in [6.45, 7) is 1.93. The number of hydrogen-bond acceptors (Lipinski definition) is 4. The second-order valence-electron chi connectivity index (χ2n) is 8.42. The van der Waals surface area contributed by atoms with Crippen LogP contribution < -0.4 is 15.4 Å². The zero-order chi connectivity index (χ0) is 22.7. The molecule has 1 aliphatic carbocycles. The first-order valence-electron chi connectivity index (χ1n) is 10.8. The van der Waals surface area contributed by atoms with Gasteiger partial charge in [-0.15, -0.1) is 0 Å². The Labute approximate surface area is 185 Å². The number of halogens is 1. The quantitative estimate of drug-likeness (QED) is 0.672. The van der Waals surface area contributed by atoms with Gasteiger partial charge < -0.3 is 15.4 Å². The van der Waals surface area contributed by atoms with Gasteiger partial charge in [0.05, 0.1) is 0 Å². The number of hydrogen-bond donors (Lipinski definition) is 2. The van der Waals surface area contributed by atoms with Gasteiger partial charge >= 0.3 is 6.03 Å². The average Bonchev–Trinajstić information content (AvgIpc) is 3.02. The molecule has 32 heavy (non-hydrogen) atoms. The van der Waals surface area contributed by atoms with Gasteiger partial charge in [-0.1, -0.05) is 31.9 Å². The largest absolute Gasteiger partial charge is 0.457 e. The van der Waals surface area contributed by atoms with Crippen molar-refractivity contribution < 1.29 is 23.5 Å². The molecule has 4 rings (SSSR count). The highest BCUT2D eigenvalue weighted by Crippen LogP contribution is 2.38. The van der Waals surface area contributed by atoms with Crippen molar-refractivity contribution in [1.29, 1.82) is 0 Å². The molecule has 168 valence electrons. The highest BCUT2D eigenvalue weighted by atomic mass is 19.1. The number of urea groups is 1. The van der Waals surface area contributed by atoms with Crippen LogP contribution in [0.15, 0.2) is 48.5 Å². The molecule has 0 bridgehead atoms. The van der Waals surface area contributed by atoms with Gasteiger partial charge in [0.25, 0.3) is 5.91 Å². The lowest BCUT2D eigenvalue weighted by Crippen LogP contribution is -2.54. The zero-order valence-electron chi connectivity index (χ0n) is 17.9. The van der Waals surface area contributed by atoms with E-state index in [0.717, 1.165) is 29.7 Å². The van der Waals surface area contributed by atoms with Crippen LogP contribution in [0.1, 0.15) is 38.2 Å². The lowest BCUT2D eigenvalue weighted by molar-refractivity contribution is -0.137. The molecule has 1 spiro atoms. The molecule has 1 heterocycles. The Morgan fingerprint density at radius 1 is 1.12 bits per heavy atom. The van der Waals surface area contributed by atoms with Crippen molar-refractivity contribution in [3.05, 3.63) is 59.9 Å². The van der Waals surface area contributed by atoms with Crippen molar-refractivity contribution in [2.45, 2.75) is 44.7 Å². The van der Waals surface area contributed by atoms with Gasteiger partial charge in [-0.3, -0.25) is 14.5 Å². The SMILES string of the molecule is C[C@@H]1CCCC[C@@]12NC(=O)N(CC(=O)NCc1ccc(Oc3ccc(F)cc3)cc1)C2=O. The maximum absolute atomic E-state index is 13.0. The molecular formula is C24H26FN3O4. The van der Waals surface area contributed by atoms with Gasteiger partial charge in [0.2, 0.25) is 5.91 Å². The Hall–Kier alpha value is -3.42. The Morgan fingerprint density at radius 2 is 1.78 bits per heavy atom. The molecule has 2 aliphatic rings. The van der Waals surface area contributed by atoms with E-state index in [0.29, 0.717) is 17.9 Å². The molecule has 0 aromatic heterocycles. The summed E-state index contributed by atoms with van der Waals surface area (Å²) in [5.41, 5.74) is -0.0324. The topological polar surface area (TPSA) is 87.7 Å². The Bertz CT molecular complexity index is 1010. The van der Waals surface area contributed by atoms with Gasteiger partial charge in [0.1, 0.15) is 29.4 Å². The number of carbonyl (C=O) groups excluding carboxylic acids is 3.